The molecule has 0 radical (unpaired) electrons. The molecule has 10 N–H and O–H groups in total. The molecule has 192 valence electrons. The predicted molar refractivity (Wildman–Crippen MR) is 119 cm³/mol. The molecular weight excluding hydrogens is 464 g/mol. The maximum Gasteiger partial charge on any atom is 0.328 e. The fourth-order valence-electron chi connectivity index (χ4n) is 3.12. The number of rotatable bonds is 13. The average molecular weight is 495 g/mol. The normalized spacial score (nSPS) is 16.3. The number of carbonyl (C=O) groups excluding carboxylic acids is 3. The Hall–Kier alpha value is -3.82. The summed E-state index contributed by atoms with van der Waals surface area (Å²) in [6, 6.07) is -5.49. The lowest BCUT2D eigenvalue weighted by Gasteiger charge is -2.27. The molecular formula is C20H30N8O7. The van der Waals surface area contributed by atoms with Crippen molar-refractivity contribution in [1.82, 2.24) is 35.9 Å². The number of aromatic nitrogens is 4. The van der Waals surface area contributed by atoms with Gasteiger partial charge in [-0.15, -0.1) is 0 Å². The lowest BCUT2D eigenvalue weighted by Crippen LogP contribution is -2.61. The molecule has 0 bridgehead atoms. The van der Waals surface area contributed by atoms with Gasteiger partial charge in [-0.25, -0.2) is 14.8 Å². The van der Waals surface area contributed by atoms with Crippen LogP contribution in [0.3, 0.4) is 0 Å². The Labute approximate surface area is 199 Å². The highest BCUT2D eigenvalue weighted by molar-refractivity contribution is 5.94. The number of carboxylic acids is 1. The highest BCUT2D eigenvalue weighted by atomic mass is 16.4. The Morgan fingerprint density at radius 3 is 1.83 bits per heavy atom. The summed E-state index contributed by atoms with van der Waals surface area (Å²) in [5, 5.41) is 35.7. The van der Waals surface area contributed by atoms with E-state index < -0.39 is 60.1 Å². The maximum atomic E-state index is 13.0. The number of nitrogens with one attached hydrogen (secondary N) is 5. The molecule has 6 atom stereocenters. The molecule has 3 amide bonds. The van der Waals surface area contributed by atoms with Gasteiger partial charge in [0.1, 0.15) is 12.1 Å². The van der Waals surface area contributed by atoms with Crippen molar-refractivity contribution in [3.63, 3.8) is 0 Å². The van der Waals surface area contributed by atoms with Crippen LogP contribution in [0, 0.1) is 0 Å². The van der Waals surface area contributed by atoms with Gasteiger partial charge < -0.3 is 47.0 Å². The van der Waals surface area contributed by atoms with Crippen LogP contribution < -0.4 is 21.7 Å². The van der Waals surface area contributed by atoms with Crippen molar-refractivity contribution in [1.29, 1.82) is 0 Å². The first-order valence-electron chi connectivity index (χ1n) is 10.7. The van der Waals surface area contributed by atoms with Gasteiger partial charge in [0.25, 0.3) is 0 Å². The summed E-state index contributed by atoms with van der Waals surface area (Å²) in [6.07, 6.45) is 2.96. The SMILES string of the molecule is CC(O)C(NC(=O)C(NC(=O)C(Cc1cnc[nH]1)NC(=O)C(N)Cc1cnc[nH]1)C(C)O)C(=O)O. The quantitative estimate of drug-likeness (QED) is 0.133. The summed E-state index contributed by atoms with van der Waals surface area (Å²) in [5.41, 5.74) is 7.05. The van der Waals surface area contributed by atoms with Gasteiger partial charge in [-0.3, -0.25) is 14.4 Å². The first-order valence-corrected chi connectivity index (χ1v) is 10.7. The van der Waals surface area contributed by atoms with E-state index in [-0.39, 0.29) is 12.8 Å². The number of amides is 3. The number of imidazole rings is 2. The Kier molecular flexibility index (Phi) is 9.86. The molecule has 0 aliphatic carbocycles. The van der Waals surface area contributed by atoms with Gasteiger partial charge in [0, 0.05) is 36.6 Å². The summed E-state index contributed by atoms with van der Waals surface area (Å²) >= 11 is 0. The second-order valence-electron chi connectivity index (χ2n) is 8.02. The second kappa shape index (κ2) is 12.6. The van der Waals surface area contributed by atoms with Crippen molar-refractivity contribution in [3.05, 3.63) is 36.4 Å². The minimum atomic E-state index is -1.67. The van der Waals surface area contributed by atoms with E-state index in [1.165, 1.54) is 32.0 Å². The number of aromatic amines is 2. The summed E-state index contributed by atoms with van der Waals surface area (Å²) in [7, 11) is 0. The topological polar surface area (TPSA) is 248 Å². The Balaban J connectivity index is 2.14. The number of aliphatic hydroxyl groups is 2. The number of nitrogens with two attached hydrogens (primary N) is 1. The molecule has 0 fully saturated rings. The summed E-state index contributed by atoms with van der Waals surface area (Å²) in [5.74, 6) is -4.03. The Morgan fingerprint density at radius 1 is 0.857 bits per heavy atom. The number of H-pyrrole nitrogens is 2. The fraction of sp³-hybridized carbons (Fsp3) is 0.500. The van der Waals surface area contributed by atoms with Crippen LogP contribution in [0.4, 0.5) is 0 Å². The summed E-state index contributed by atoms with van der Waals surface area (Å²) < 4.78 is 0. The average Bonchev–Trinajstić information content (AvgIpc) is 3.48. The molecule has 0 aliphatic rings. The third kappa shape index (κ3) is 8.16. The highest BCUT2D eigenvalue weighted by Crippen LogP contribution is 2.04. The molecule has 2 aromatic rings. The van der Waals surface area contributed by atoms with Crippen LogP contribution in [0.1, 0.15) is 25.2 Å². The number of aliphatic hydroxyl groups excluding tert-OH is 2. The van der Waals surface area contributed by atoms with Crippen LogP contribution in [0.15, 0.2) is 25.0 Å². The van der Waals surface area contributed by atoms with Crippen molar-refractivity contribution in [2.45, 2.75) is 63.1 Å². The van der Waals surface area contributed by atoms with E-state index in [2.05, 4.69) is 35.9 Å². The van der Waals surface area contributed by atoms with Crippen molar-refractivity contribution in [2.75, 3.05) is 0 Å². The van der Waals surface area contributed by atoms with Gasteiger partial charge >= 0.3 is 5.97 Å². The van der Waals surface area contributed by atoms with E-state index in [1.807, 2.05) is 0 Å². The van der Waals surface area contributed by atoms with Gasteiger partial charge in [-0.1, -0.05) is 0 Å². The van der Waals surface area contributed by atoms with Crippen LogP contribution in [0.25, 0.3) is 0 Å². The lowest BCUT2D eigenvalue weighted by molar-refractivity contribution is -0.146. The molecule has 0 saturated heterocycles. The molecule has 15 nitrogen and oxygen atoms in total. The summed E-state index contributed by atoms with van der Waals surface area (Å²) in [4.78, 5) is 62.9. The zero-order valence-corrected chi connectivity index (χ0v) is 19.1. The number of hydrogen-bond acceptors (Lipinski definition) is 9. The number of hydrogen-bond donors (Lipinski definition) is 9. The Bertz CT molecular complexity index is 978. The van der Waals surface area contributed by atoms with Crippen LogP contribution in [-0.2, 0) is 32.0 Å². The van der Waals surface area contributed by atoms with Gasteiger partial charge in [0.05, 0.1) is 30.9 Å². The number of nitrogens with zero attached hydrogens (tertiary/aromatic N) is 2. The number of carbonyl (C=O) groups is 4. The van der Waals surface area contributed by atoms with Gasteiger partial charge in [-0.05, 0) is 13.8 Å². The minimum absolute atomic E-state index is 0.0477. The zero-order chi connectivity index (χ0) is 26.1. The largest absolute Gasteiger partial charge is 0.480 e. The van der Waals surface area contributed by atoms with E-state index in [9.17, 15) is 34.5 Å². The standard InChI is InChI=1S/C20H30N8O7/c1-9(29)15(19(33)28-16(10(2)30)20(34)35)27-18(32)14(4-12-6-23-8-25-12)26-17(31)13(21)3-11-5-22-7-24-11/h5-10,13-16,29-30H,3-4,21H2,1-2H3,(H,22,24)(H,23,25)(H,26,31)(H,27,32)(H,28,33)(H,34,35). The second-order valence-corrected chi connectivity index (χ2v) is 8.02. The minimum Gasteiger partial charge on any atom is -0.480 e. The van der Waals surface area contributed by atoms with Crippen molar-refractivity contribution in [2.24, 2.45) is 5.73 Å². The Morgan fingerprint density at radius 2 is 1.37 bits per heavy atom. The summed E-state index contributed by atoms with van der Waals surface area (Å²) in [6.45, 7) is 2.38. The predicted octanol–water partition coefficient (Wildman–Crippen LogP) is -3.45. The zero-order valence-electron chi connectivity index (χ0n) is 19.1. The molecule has 0 aliphatic heterocycles. The third-order valence-electron chi connectivity index (χ3n) is 5.05. The van der Waals surface area contributed by atoms with E-state index in [0.717, 1.165) is 6.92 Å². The van der Waals surface area contributed by atoms with E-state index >= 15 is 0 Å². The molecule has 0 aromatic carbocycles. The van der Waals surface area contributed by atoms with E-state index in [0.29, 0.717) is 11.4 Å². The van der Waals surface area contributed by atoms with Crippen molar-refractivity contribution >= 4 is 23.7 Å². The first kappa shape index (κ1) is 27.4. The first-order chi connectivity index (χ1) is 16.5. The van der Waals surface area contributed by atoms with Gasteiger partial charge in [0.2, 0.25) is 17.7 Å². The van der Waals surface area contributed by atoms with E-state index in [4.69, 9.17) is 5.73 Å². The molecule has 35 heavy (non-hydrogen) atoms. The van der Waals surface area contributed by atoms with Gasteiger partial charge in [-0.2, -0.15) is 0 Å². The molecule has 2 rings (SSSR count). The molecule has 0 spiro atoms. The number of aliphatic carboxylic acids is 1. The molecule has 2 aromatic heterocycles. The van der Waals surface area contributed by atoms with Crippen molar-refractivity contribution in [3.8, 4) is 0 Å². The lowest BCUT2D eigenvalue weighted by atomic mass is 10.1. The molecule has 15 heteroatoms. The van der Waals surface area contributed by atoms with E-state index in [1.54, 1.807) is 0 Å². The maximum absolute atomic E-state index is 13.0. The third-order valence-corrected chi connectivity index (χ3v) is 5.05. The monoisotopic (exact) mass is 494 g/mol. The van der Waals surface area contributed by atoms with Crippen molar-refractivity contribution < 1.29 is 34.5 Å². The number of carboxylic acid groups (broad SMARTS) is 1. The molecule has 2 heterocycles. The van der Waals surface area contributed by atoms with Crippen LogP contribution in [0.5, 0.6) is 0 Å². The van der Waals surface area contributed by atoms with Crippen LogP contribution in [0.2, 0.25) is 0 Å². The molecule has 6 unspecified atom stereocenters. The van der Waals surface area contributed by atoms with Gasteiger partial charge in [0.15, 0.2) is 6.04 Å². The smallest absolute Gasteiger partial charge is 0.328 e. The van der Waals surface area contributed by atoms with Crippen LogP contribution >= 0.6 is 0 Å². The molecule has 0 saturated carbocycles. The fourth-order valence-corrected chi connectivity index (χ4v) is 3.12. The van der Waals surface area contributed by atoms with Crippen LogP contribution in [-0.4, -0.2) is 95.3 Å². The highest BCUT2D eigenvalue weighted by Gasteiger charge is 2.34.